The molecule has 0 saturated heterocycles. The number of non-ortho nitro benzene ring substituents is 1. The first kappa shape index (κ1) is 13.8. The molecule has 19 heavy (non-hydrogen) atoms. The maximum atomic E-state index is 12.0. The summed E-state index contributed by atoms with van der Waals surface area (Å²) >= 11 is 0. The predicted molar refractivity (Wildman–Crippen MR) is 69.9 cm³/mol. The number of benzene rings is 1. The lowest BCUT2D eigenvalue weighted by Gasteiger charge is -2.35. The van der Waals surface area contributed by atoms with Gasteiger partial charge >= 0.3 is 0 Å². The largest absolute Gasteiger partial charge is 0.490 e. The minimum Gasteiger partial charge on any atom is -0.490 e. The molecule has 2 rings (SSSR count). The molecule has 1 heterocycles. The zero-order valence-electron chi connectivity index (χ0n) is 10.9. The second-order valence-electron chi connectivity index (χ2n) is 4.91. The number of sulfone groups is 1. The predicted octanol–water partition coefficient (Wildman–Crippen LogP) is 2.10. The monoisotopic (exact) mass is 285 g/mol. The van der Waals surface area contributed by atoms with E-state index in [1.807, 2.05) is 0 Å². The van der Waals surface area contributed by atoms with Crippen molar-refractivity contribution in [2.45, 2.75) is 25.2 Å². The van der Waals surface area contributed by atoms with Crippen molar-refractivity contribution in [1.29, 1.82) is 0 Å². The summed E-state index contributed by atoms with van der Waals surface area (Å²) in [6, 6.07) is 4.08. The Hall–Kier alpha value is -1.63. The molecule has 1 aromatic rings. The molecule has 1 aromatic carbocycles. The van der Waals surface area contributed by atoms with Crippen molar-refractivity contribution in [3.63, 3.8) is 0 Å². The van der Waals surface area contributed by atoms with E-state index in [1.165, 1.54) is 18.2 Å². The van der Waals surface area contributed by atoms with Crippen LogP contribution in [0.25, 0.3) is 0 Å². The lowest BCUT2D eigenvalue weighted by Crippen LogP contribution is -2.35. The molecule has 0 fully saturated rings. The first-order valence-corrected chi connectivity index (χ1v) is 7.81. The van der Waals surface area contributed by atoms with E-state index < -0.39 is 20.0 Å². The Labute approximate surface area is 111 Å². The van der Waals surface area contributed by atoms with Crippen LogP contribution in [0.4, 0.5) is 5.69 Å². The van der Waals surface area contributed by atoms with E-state index in [0.29, 0.717) is 11.3 Å². The highest BCUT2D eigenvalue weighted by Gasteiger charge is 2.40. The number of nitro benzene ring substituents is 1. The zero-order valence-corrected chi connectivity index (χ0v) is 11.7. The van der Waals surface area contributed by atoms with Gasteiger partial charge in [-0.25, -0.2) is 8.42 Å². The third-order valence-electron chi connectivity index (χ3n) is 3.50. The summed E-state index contributed by atoms with van der Waals surface area (Å²) in [6.45, 7) is 3.57. The maximum Gasteiger partial charge on any atom is 0.270 e. The van der Waals surface area contributed by atoms with Crippen LogP contribution < -0.4 is 4.74 Å². The second kappa shape index (κ2) is 4.48. The van der Waals surface area contributed by atoms with E-state index in [0.717, 1.165) is 6.26 Å². The topological polar surface area (TPSA) is 86.5 Å². The molecule has 0 amide bonds. The van der Waals surface area contributed by atoms with Gasteiger partial charge in [0.2, 0.25) is 0 Å². The minimum absolute atomic E-state index is 0.127. The van der Waals surface area contributed by atoms with Gasteiger partial charge in [0.25, 0.3) is 5.69 Å². The lowest BCUT2D eigenvalue weighted by molar-refractivity contribution is -0.385. The molecular weight excluding hydrogens is 270 g/mol. The van der Waals surface area contributed by atoms with Crippen LogP contribution in [0.15, 0.2) is 18.2 Å². The summed E-state index contributed by atoms with van der Waals surface area (Å²) in [4.78, 5) is 10.3. The van der Waals surface area contributed by atoms with Crippen molar-refractivity contribution in [3.05, 3.63) is 33.9 Å². The fourth-order valence-corrected chi connectivity index (χ4v) is 4.08. The van der Waals surface area contributed by atoms with Gasteiger partial charge in [0.05, 0.1) is 10.2 Å². The van der Waals surface area contributed by atoms with Gasteiger partial charge < -0.3 is 4.74 Å². The van der Waals surface area contributed by atoms with Crippen molar-refractivity contribution >= 4 is 15.5 Å². The van der Waals surface area contributed by atoms with E-state index in [9.17, 15) is 18.5 Å². The number of rotatable bonds is 2. The fourth-order valence-electron chi connectivity index (χ4n) is 2.44. The molecule has 0 aliphatic carbocycles. The Bertz CT molecular complexity index is 625. The molecule has 0 spiro atoms. The molecule has 3 unspecified atom stereocenters. The SMILES string of the molecule is CC1Oc2ccc([N+](=O)[O-])cc2C(S(C)(=O)=O)C1C. The number of ether oxygens (including phenoxy) is 1. The van der Waals surface area contributed by atoms with E-state index >= 15 is 0 Å². The van der Waals surface area contributed by atoms with Crippen LogP contribution in [-0.2, 0) is 9.84 Å². The Morgan fingerprint density at radius 2 is 1.95 bits per heavy atom. The number of hydrogen-bond donors (Lipinski definition) is 0. The number of hydrogen-bond acceptors (Lipinski definition) is 5. The summed E-state index contributed by atoms with van der Waals surface area (Å²) in [5.74, 6) is 0.149. The molecular formula is C12H15NO5S. The molecule has 1 aliphatic heterocycles. The number of nitro groups is 1. The molecule has 1 aliphatic rings. The molecule has 7 heteroatoms. The average Bonchev–Trinajstić information content (AvgIpc) is 2.28. The molecule has 0 N–H and O–H groups in total. The summed E-state index contributed by atoms with van der Waals surface area (Å²) < 4.78 is 29.5. The van der Waals surface area contributed by atoms with E-state index in [2.05, 4.69) is 0 Å². The van der Waals surface area contributed by atoms with Gasteiger partial charge in [-0.05, 0) is 13.0 Å². The van der Waals surface area contributed by atoms with Crippen LogP contribution in [0.2, 0.25) is 0 Å². The Kier molecular flexibility index (Phi) is 3.25. The van der Waals surface area contributed by atoms with Crippen LogP contribution in [0, 0.1) is 16.0 Å². The number of nitrogens with zero attached hydrogens (tertiary/aromatic N) is 1. The normalized spacial score (nSPS) is 26.4. The van der Waals surface area contributed by atoms with Gasteiger partial charge in [-0.1, -0.05) is 6.92 Å². The summed E-state index contributed by atoms with van der Waals surface area (Å²) in [6.07, 6.45) is 0.892. The standard InChI is InChI=1S/C12H15NO5S/c1-7-8(2)18-11-5-4-9(13(14)15)6-10(11)12(7)19(3,16)17/h4-8,12H,1-3H3. The van der Waals surface area contributed by atoms with Crippen molar-refractivity contribution in [3.8, 4) is 5.75 Å². The highest BCUT2D eigenvalue weighted by molar-refractivity contribution is 7.91. The maximum absolute atomic E-state index is 12.0. The fraction of sp³-hybridized carbons (Fsp3) is 0.500. The van der Waals surface area contributed by atoms with Crippen molar-refractivity contribution in [1.82, 2.24) is 0 Å². The molecule has 0 radical (unpaired) electrons. The molecule has 3 atom stereocenters. The van der Waals surface area contributed by atoms with Crippen molar-refractivity contribution in [2.75, 3.05) is 6.26 Å². The van der Waals surface area contributed by atoms with Crippen molar-refractivity contribution < 1.29 is 18.1 Å². The van der Waals surface area contributed by atoms with E-state index in [-0.39, 0.29) is 17.7 Å². The smallest absolute Gasteiger partial charge is 0.270 e. The molecule has 0 saturated carbocycles. The van der Waals surface area contributed by atoms with E-state index in [4.69, 9.17) is 4.74 Å². The third-order valence-corrected chi connectivity index (χ3v) is 5.11. The highest BCUT2D eigenvalue weighted by Crippen LogP contribution is 2.44. The van der Waals surface area contributed by atoms with Gasteiger partial charge in [-0.2, -0.15) is 0 Å². The van der Waals surface area contributed by atoms with Gasteiger partial charge in [0.1, 0.15) is 11.9 Å². The van der Waals surface area contributed by atoms with Crippen LogP contribution in [0.1, 0.15) is 24.7 Å². The molecule has 0 bridgehead atoms. The van der Waals surface area contributed by atoms with Crippen molar-refractivity contribution in [2.24, 2.45) is 5.92 Å². The Morgan fingerprint density at radius 3 is 2.47 bits per heavy atom. The van der Waals surface area contributed by atoms with Gasteiger partial charge in [0, 0.05) is 29.9 Å². The summed E-state index contributed by atoms with van der Waals surface area (Å²) in [7, 11) is -3.37. The molecule has 0 aromatic heterocycles. The first-order chi connectivity index (χ1) is 8.71. The zero-order chi connectivity index (χ0) is 14.4. The molecule has 104 valence electrons. The number of fused-ring (bicyclic) bond motifs is 1. The van der Waals surface area contributed by atoms with Gasteiger partial charge in [-0.3, -0.25) is 10.1 Å². The highest BCUT2D eigenvalue weighted by atomic mass is 32.2. The van der Waals surface area contributed by atoms with Crippen LogP contribution >= 0.6 is 0 Å². The van der Waals surface area contributed by atoms with Gasteiger partial charge in [0.15, 0.2) is 9.84 Å². The van der Waals surface area contributed by atoms with Gasteiger partial charge in [-0.15, -0.1) is 0 Å². The first-order valence-electron chi connectivity index (χ1n) is 5.85. The summed E-state index contributed by atoms with van der Waals surface area (Å²) in [5, 5.41) is 10.0. The Balaban J connectivity index is 2.64. The average molecular weight is 285 g/mol. The van der Waals surface area contributed by atoms with E-state index in [1.54, 1.807) is 13.8 Å². The lowest BCUT2D eigenvalue weighted by atomic mass is 9.92. The van der Waals surface area contributed by atoms with Crippen LogP contribution in [0.3, 0.4) is 0 Å². The summed E-state index contributed by atoms with van der Waals surface area (Å²) in [5.41, 5.74) is 0.250. The van der Waals surface area contributed by atoms with Crippen LogP contribution in [0.5, 0.6) is 5.75 Å². The second-order valence-corrected chi connectivity index (χ2v) is 7.08. The minimum atomic E-state index is -3.37. The Morgan fingerprint density at radius 1 is 1.32 bits per heavy atom. The van der Waals surface area contributed by atoms with Crippen LogP contribution in [-0.4, -0.2) is 25.7 Å². The molecule has 6 nitrogen and oxygen atoms in total. The third kappa shape index (κ3) is 2.42. The quantitative estimate of drug-likeness (QED) is 0.613.